The molecule has 1 aliphatic heterocycles. The van der Waals surface area contributed by atoms with Crippen LogP contribution in [0.25, 0.3) is 0 Å². The first-order valence-electron chi connectivity index (χ1n) is 8.91. The summed E-state index contributed by atoms with van der Waals surface area (Å²) in [5.41, 5.74) is 0.155. The molecule has 0 atom stereocenters. The quantitative estimate of drug-likeness (QED) is 0.890. The lowest BCUT2D eigenvalue weighted by Gasteiger charge is -2.26. The Labute approximate surface area is 155 Å². The number of carbonyl (C=O) groups excluding carboxylic acids is 2. The minimum absolute atomic E-state index is 0.0970. The molecule has 7 nitrogen and oxygen atoms in total. The van der Waals surface area contributed by atoms with Crippen molar-refractivity contribution in [2.24, 2.45) is 0 Å². The predicted molar refractivity (Wildman–Crippen MR) is 100 cm³/mol. The van der Waals surface area contributed by atoms with Crippen molar-refractivity contribution in [1.29, 1.82) is 0 Å². The van der Waals surface area contributed by atoms with Gasteiger partial charge in [-0.05, 0) is 39.3 Å². The number of rotatable bonds is 4. The Morgan fingerprint density at radius 2 is 1.85 bits per heavy atom. The summed E-state index contributed by atoms with van der Waals surface area (Å²) in [6.07, 6.45) is 0.513. The standard InChI is InChI=1S/C19H29N3O4/c1-19(2,3)26-18(24)22-11-7-10-21(12-13-22)14-17(23)20-15-8-5-6-9-16(15)25-4/h5-6,8-9H,7,10-14H2,1-4H3,(H,20,23). The number of methoxy groups -OCH3 is 1. The average molecular weight is 363 g/mol. The summed E-state index contributed by atoms with van der Waals surface area (Å²) in [6, 6.07) is 7.32. The summed E-state index contributed by atoms with van der Waals surface area (Å²) >= 11 is 0. The molecule has 2 amide bonds. The van der Waals surface area contributed by atoms with E-state index in [2.05, 4.69) is 10.2 Å². The maximum absolute atomic E-state index is 12.4. The van der Waals surface area contributed by atoms with Crippen LogP contribution in [0.4, 0.5) is 10.5 Å². The minimum Gasteiger partial charge on any atom is -0.495 e. The number of nitrogens with zero attached hydrogens (tertiary/aromatic N) is 2. The summed E-state index contributed by atoms with van der Waals surface area (Å²) in [7, 11) is 1.57. The number of hydrogen-bond donors (Lipinski definition) is 1. The van der Waals surface area contributed by atoms with Crippen LogP contribution in [0.3, 0.4) is 0 Å². The van der Waals surface area contributed by atoms with Crippen LogP contribution in [-0.2, 0) is 9.53 Å². The van der Waals surface area contributed by atoms with Gasteiger partial charge in [0.15, 0.2) is 0 Å². The highest BCUT2D eigenvalue weighted by Crippen LogP contribution is 2.22. The fourth-order valence-corrected chi connectivity index (χ4v) is 2.78. The third kappa shape index (κ3) is 6.22. The van der Waals surface area contributed by atoms with Crippen molar-refractivity contribution in [3.63, 3.8) is 0 Å². The molecule has 0 radical (unpaired) electrons. The maximum atomic E-state index is 12.4. The molecule has 2 rings (SSSR count). The molecule has 1 heterocycles. The molecule has 0 saturated carbocycles. The van der Waals surface area contributed by atoms with Gasteiger partial charge in [0, 0.05) is 26.2 Å². The van der Waals surface area contributed by atoms with E-state index >= 15 is 0 Å². The van der Waals surface area contributed by atoms with Gasteiger partial charge >= 0.3 is 6.09 Å². The number of benzene rings is 1. The molecule has 0 spiro atoms. The number of para-hydroxylation sites is 2. The fraction of sp³-hybridized carbons (Fsp3) is 0.579. The number of ether oxygens (including phenoxy) is 2. The van der Waals surface area contributed by atoms with Crippen LogP contribution in [0.1, 0.15) is 27.2 Å². The molecule has 0 bridgehead atoms. The van der Waals surface area contributed by atoms with E-state index in [1.807, 2.05) is 39.0 Å². The number of hydrogen-bond acceptors (Lipinski definition) is 5. The lowest BCUT2D eigenvalue weighted by molar-refractivity contribution is -0.117. The Bertz CT molecular complexity index is 627. The summed E-state index contributed by atoms with van der Waals surface area (Å²) in [4.78, 5) is 28.3. The SMILES string of the molecule is COc1ccccc1NC(=O)CN1CCCN(C(=O)OC(C)(C)C)CC1. The van der Waals surface area contributed by atoms with Gasteiger partial charge in [-0.25, -0.2) is 4.79 Å². The molecule has 0 aliphatic carbocycles. The van der Waals surface area contributed by atoms with Crippen molar-refractivity contribution in [3.8, 4) is 5.75 Å². The van der Waals surface area contributed by atoms with Crippen LogP contribution >= 0.6 is 0 Å². The molecule has 1 saturated heterocycles. The van der Waals surface area contributed by atoms with Gasteiger partial charge in [-0.1, -0.05) is 12.1 Å². The molecule has 144 valence electrons. The molecular weight excluding hydrogens is 334 g/mol. The molecule has 0 aromatic heterocycles. The highest BCUT2D eigenvalue weighted by Gasteiger charge is 2.25. The first-order chi connectivity index (χ1) is 12.3. The molecule has 7 heteroatoms. The van der Waals surface area contributed by atoms with E-state index in [-0.39, 0.29) is 18.5 Å². The molecule has 26 heavy (non-hydrogen) atoms. The van der Waals surface area contributed by atoms with E-state index in [1.54, 1.807) is 18.1 Å². The van der Waals surface area contributed by atoms with Gasteiger partial charge < -0.3 is 19.7 Å². The van der Waals surface area contributed by atoms with Crippen LogP contribution < -0.4 is 10.1 Å². The van der Waals surface area contributed by atoms with Gasteiger partial charge in [0.25, 0.3) is 0 Å². The largest absolute Gasteiger partial charge is 0.495 e. The lowest BCUT2D eigenvalue weighted by atomic mass is 10.2. The van der Waals surface area contributed by atoms with Crippen molar-refractivity contribution < 1.29 is 19.1 Å². The molecule has 0 unspecified atom stereocenters. The number of nitrogens with one attached hydrogen (secondary N) is 1. The van der Waals surface area contributed by atoms with Gasteiger partial charge in [-0.2, -0.15) is 0 Å². The predicted octanol–water partition coefficient (Wildman–Crippen LogP) is 2.58. The van der Waals surface area contributed by atoms with Crippen LogP contribution in [0.5, 0.6) is 5.75 Å². The Balaban J connectivity index is 1.85. The zero-order valence-corrected chi connectivity index (χ0v) is 16.1. The second-order valence-electron chi connectivity index (χ2n) is 7.35. The molecule has 1 aromatic rings. The van der Waals surface area contributed by atoms with Crippen LogP contribution in [0, 0.1) is 0 Å². The van der Waals surface area contributed by atoms with Crippen LogP contribution in [0.2, 0.25) is 0 Å². The summed E-state index contributed by atoms with van der Waals surface area (Å²) in [5.74, 6) is 0.535. The van der Waals surface area contributed by atoms with Crippen molar-refractivity contribution >= 4 is 17.7 Å². The Morgan fingerprint density at radius 3 is 2.54 bits per heavy atom. The second-order valence-corrected chi connectivity index (χ2v) is 7.35. The number of carbonyl (C=O) groups is 2. The van der Waals surface area contributed by atoms with Crippen LogP contribution in [0.15, 0.2) is 24.3 Å². The highest BCUT2D eigenvalue weighted by molar-refractivity contribution is 5.93. The number of anilines is 1. The summed E-state index contributed by atoms with van der Waals surface area (Å²) in [6.45, 7) is 8.44. The van der Waals surface area contributed by atoms with Crippen molar-refractivity contribution in [2.45, 2.75) is 32.8 Å². The zero-order chi connectivity index (χ0) is 19.2. The minimum atomic E-state index is -0.502. The summed E-state index contributed by atoms with van der Waals surface area (Å²) < 4.78 is 10.7. The van der Waals surface area contributed by atoms with Crippen molar-refractivity contribution in [1.82, 2.24) is 9.80 Å². The first-order valence-corrected chi connectivity index (χ1v) is 8.91. The highest BCUT2D eigenvalue weighted by atomic mass is 16.6. The zero-order valence-electron chi connectivity index (χ0n) is 16.1. The second kappa shape index (κ2) is 8.89. The molecule has 1 fully saturated rings. The van der Waals surface area contributed by atoms with E-state index in [0.717, 1.165) is 13.0 Å². The Morgan fingerprint density at radius 1 is 1.12 bits per heavy atom. The molecule has 1 aromatic carbocycles. The van der Waals surface area contributed by atoms with E-state index in [0.29, 0.717) is 31.1 Å². The van der Waals surface area contributed by atoms with Crippen molar-refractivity contribution in [2.75, 3.05) is 45.2 Å². The number of amides is 2. The lowest BCUT2D eigenvalue weighted by Crippen LogP contribution is -2.40. The molecule has 1 N–H and O–H groups in total. The topological polar surface area (TPSA) is 71.1 Å². The van der Waals surface area contributed by atoms with Gasteiger partial charge in [0.05, 0.1) is 19.3 Å². The van der Waals surface area contributed by atoms with Crippen molar-refractivity contribution in [3.05, 3.63) is 24.3 Å². The smallest absolute Gasteiger partial charge is 0.410 e. The molecule has 1 aliphatic rings. The first kappa shape index (κ1) is 20.0. The van der Waals surface area contributed by atoms with E-state index in [4.69, 9.17) is 9.47 Å². The van der Waals surface area contributed by atoms with E-state index < -0.39 is 5.60 Å². The summed E-state index contributed by atoms with van der Waals surface area (Å²) in [5, 5.41) is 2.88. The van der Waals surface area contributed by atoms with Gasteiger partial charge in [-0.15, -0.1) is 0 Å². The average Bonchev–Trinajstić information content (AvgIpc) is 2.79. The van der Waals surface area contributed by atoms with Gasteiger partial charge in [-0.3, -0.25) is 9.69 Å². The van der Waals surface area contributed by atoms with Gasteiger partial charge in [0.2, 0.25) is 5.91 Å². The van der Waals surface area contributed by atoms with Gasteiger partial charge in [0.1, 0.15) is 11.4 Å². The van der Waals surface area contributed by atoms with E-state index in [9.17, 15) is 9.59 Å². The maximum Gasteiger partial charge on any atom is 0.410 e. The van der Waals surface area contributed by atoms with Crippen LogP contribution in [-0.4, -0.2) is 67.2 Å². The Hall–Kier alpha value is -2.28. The third-order valence-electron chi connectivity index (χ3n) is 3.99. The Kier molecular flexibility index (Phi) is 6.85. The molecular formula is C19H29N3O4. The van der Waals surface area contributed by atoms with E-state index in [1.165, 1.54) is 0 Å². The fourth-order valence-electron chi connectivity index (χ4n) is 2.78. The third-order valence-corrected chi connectivity index (χ3v) is 3.99. The monoisotopic (exact) mass is 363 g/mol. The normalized spacial score (nSPS) is 15.9.